The summed E-state index contributed by atoms with van der Waals surface area (Å²) in [5, 5.41) is 3.29. The molecule has 4 nitrogen and oxygen atoms in total. The van der Waals surface area contributed by atoms with Crippen molar-refractivity contribution in [1.82, 2.24) is 10.3 Å². The van der Waals surface area contributed by atoms with Gasteiger partial charge in [-0.3, -0.25) is 9.78 Å². The van der Waals surface area contributed by atoms with Gasteiger partial charge in [0.1, 0.15) is 10.4 Å². The summed E-state index contributed by atoms with van der Waals surface area (Å²) in [4.78, 5) is 16.8. The van der Waals surface area contributed by atoms with Crippen molar-refractivity contribution < 1.29 is 4.79 Å². The molecule has 0 aromatic carbocycles. The second kappa shape index (κ2) is 5.58. The van der Waals surface area contributed by atoms with Gasteiger partial charge in [0.25, 0.3) is 5.91 Å². The van der Waals surface area contributed by atoms with Crippen molar-refractivity contribution in [2.45, 2.75) is 12.2 Å². The molecule has 0 fully saturated rings. The Bertz CT molecular complexity index is 567. The third-order valence-corrected chi connectivity index (χ3v) is 4.77. The highest BCUT2D eigenvalue weighted by Gasteiger charge is 2.17. The second-order valence-electron chi connectivity index (χ2n) is 3.95. The zero-order valence-corrected chi connectivity index (χ0v) is 11.9. The first-order valence-corrected chi connectivity index (χ1v) is 7.68. The van der Waals surface area contributed by atoms with Gasteiger partial charge in [-0.1, -0.05) is 6.92 Å². The number of carbonyl (C=O) groups excluding carboxylic acids is 1. The third kappa shape index (κ3) is 2.59. The third-order valence-electron chi connectivity index (χ3n) is 2.64. The van der Waals surface area contributed by atoms with Crippen LogP contribution >= 0.6 is 23.1 Å². The van der Waals surface area contributed by atoms with E-state index < -0.39 is 0 Å². The molecule has 2 aromatic heterocycles. The number of nitrogen functional groups attached to an aromatic ring is 1. The average Bonchev–Trinajstić information content (AvgIpc) is 2.73. The summed E-state index contributed by atoms with van der Waals surface area (Å²) in [5.74, 6) is -0.114. The maximum absolute atomic E-state index is 12.0. The SMILES string of the molecule is CSC(C)CNC(=O)c1sc2cccnc2c1N. The van der Waals surface area contributed by atoms with Crippen molar-refractivity contribution in [1.29, 1.82) is 0 Å². The number of pyridine rings is 1. The summed E-state index contributed by atoms with van der Waals surface area (Å²) in [5.41, 5.74) is 7.15. The minimum absolute atomic E-state index is 0.114. The molecule has 0 bridgehead atoms. The van der Waals surface area contributed by atoms with Gasteiger partial charge in [-0.15, -0.1) is 11.3 Å². The van der Waals surface area contributed by atoms with Gasteiger partial charge in [-0.05, 0) is 18.4 Å². The van der Waals surface area contributed by atoms with Crippen molar-refractivity contribution in [2.75, 3.05) is 18.5 Å². The van der Waals surface area contributed by atoms with E-state index in [0.29, 0.717) is 27.9 Å². The minimum Gasteiger partial charge on any atom is -0.396 e. The molecule has 0 aliphatic rings. The molecule has 96 valence electrons. The van der Waals surface area contributed by atoms with E-state index in [-0.39, 0.29) is 5.91 Å². The average molecular weight is 281 g/mol. The summed E-state index contributed by atoms with van der Waals surface area (Å²) in [6.07, 6.45) is 3.71. The number of nitrogens with two attached hydrogens (primary N) is 1. The Labute approximate surface area is 114 Å². The van der Waals surface area contributed by atoms with Gasteiger partial charge in [-0.25, -0.2) is 0 Å². The van der Waals surface area contributed by atoms with Crippen molar-refractivity contribution in [3.8, 4) is 0 Å². The predicted molar refractivity (Wildman–Crippen MR) is 79.3 cm³/mol. The van der Waals surface area contributed by atoms with Gasteiger partial charge in [0.05, 0.1) is 10.4 Å². The van der Waals surface area contributed by atoms with Crippen LogP contribution in [-0.4, -0.2) is 28.9 Å². The monoisotopic (exact) mass is 281 g/mol. The number of thioether (sulfide) groups is 1. The van der Waals surface area contributed by atoms with E-state index in [4.69, 9.17) is 5.73 Å². The van der Waals surface area contributed by atoms with Crippen LogP contribution in [0.3, 0.4) is 0 Å². The number of anilines is 1. The Hall–Kier alpha value is -1.27. The Morgan fingerprint density at radius 3 is 3.11 bits per heavy atom. The lowest BCUT2D eigenvalue weighted by atomic mass is 10.3. The van der Waals surface area contributed by atoms with Gasteiger partial charge in [0, 0.05) is 18.0 Å². The summed E-state index contributed by atoms with van der Waals surface area (Å²) < 4.78 is 0.943. The van der Waals surface area contributed by atoms with Crippen molar-refractivity contribution in [2.24, 2.45) is 0 Å². The molecule has 0 saturated heterocycles. The second-order valence-corrected chi connectivity index (χ2v) is 6.28. The molecule has 2 aromatic rings. The number of amides is 1. The number of thiophene rings is 1. The van der Waals surface area contributed by atoms with Crippen LogP contribution in [0.15, 0.2) is 18.3 Å². The molecule has 3 N–H and O–H groups in total. The van der Waals surface area contributed by atoms with E-state index in [1.807, 2.05) is 18.4 Å². The first kappa shape index (κ1) is 13.2. The topological polar surface area (TPSA) is 68.0 Å². The quantitative estimate of drug-likeness (QED) is 0.902. The van der Waals surface area contributed by atoms with Crippen LogP contribution in [0, 0.1) is 0 Å². The standard InChI is InChI=1S/C12H15N3OS2/c1-7(17-2)6-15-12(16)11-9(13)10-8(18-11)4-3-5-14-10/h3-5,7H,6,13H2,1-2H3,(H,15,16). The van der Waals surface area contributed by atoms with Crippen LogP contribution in [0.5, 0.6) is 0 Å². The molecule has 0 radical (unpaired) electrons. The number of carbonyl (C=O) groups is 1. The van der Waals surface area contributed by atoms with Gasteiger partial charge >= 0.3 is 0 Å². The molecule has 2 heterocycles. The summed E-state index contributed by atoms with van der Waals surface area (Å²) >= 11 is 3.10. The van der Waals surface area contributed by atoms with Crippen LogP contribution in [0.25, 0.3) is 10.2 Å². The number of fused-ring (bicyclic) bond motifs is 1. The molecule has 0 aliphatic carbocycles. The maximum Gasteiger partial charge on any atom is 0.263 e. The lowest BCUT2D eigenvalue weighted by molar-refractivity contribution is 0.0959. The fraction of sp³-hybridized carbons (Fsp3) is 0.333. The lowest BCUT2D eigenvalue weighted by Gasteiger charge is -2.09. The van der Waals surface area contributed by atoms with E-state index in [0.717, 1.165) is 4.70 Å². The number of nitrogens with zero attached hydrogens (tertiary/aromatic N) is 1. The molecular weight excluding hydrogens is 266 g/mol. The van der Waals surface area contributed by atoms with Gasteiger partial charge in [0.15, 0.2) is 0 Å². The van der Waals surface area contributed by atoms with Crippen molar-refractivity contribution >= 4 is 44.9 Å². The van der Waals surface area contributed by atoms with Crippen LogP contribution in [0.4, 0.5) is 5.69 Å². The van der Waals surface area contributed by atoms with Crippen molar-refractivity contribution in [3.63, 3.8) is 0 Å². The fourth-order valence-electron chi connectivity index (χ4n) is 1.52. The van der Waals surface area contributed by atoms with E-state index in [1.54, 1.807) is 18.0 Å². The lowest BCUT2D eigenvalue weighted by Crippen LogP contribution is -2.29. The summed E-state index contributed by atoms with van der Waals surface area (Å²) in [6, 6.07) is 3.76. The molecule has 0 aliphatic heterocycles. The Balaban J connectivity index is 2.20. The van der Waals surface area contributed by atoms with E-state index in [1.165, 1.54) is 11.3 Å². The van der Waals surface area contributed by atoms with Gasteiger partial charge < -0.3 is 11.1 Å². The van der Waals surface area contributed by atoms with Gasteiger partial charge in [0.2, 0.25) is 0 Å². The molecule has 6 heteroatoms. The van der Waals surface area contributed by atoms with Crippen molar-refractivity contribution in [3.05, 3.63) is 23.2 Å². The summed E-state index contributed by atoms with van der Waals surface area (Å²) in [6.45, 7) is 2.71. The zero-order chi connectivity index (χ0) is 13.1. The Morgan fingerprint density at radius 2 is 2.44 bits per heavy atom. The molecule has 1 atom stereocenters. The van der Waals surface area contributed by atoms with Crippen LogP contribution in [0.1, 0.15) is 16.6 Å². The molecular formula is C12H15N3OS2. The summed E-state index contributed by atoms with van der Waals surface area (Å²) in [7, 11) is 0. The highest BCUT2D eigenvalue weighted by molar-refractivity contribution is 7.99. The molecule has 1 unspecified atom stereocenters. The number of hydrogen-bond acceptors (Lipinski definition) is 5. The number of aromatic nitrogens is 1. The molecule has 0 spiro atoms. The Kier molecular flexibility index (Phi) is 4.08. The first-order valence-electron chi connectivity index (χ1n) is 5.57. The fourth-order valence-corrected chi connectivity index (χ4v) is 2.76. The predicted octanol–water partition coefficient (Wildman–Crippen LogP) is 2.36. The number of rotatable bonds is 4. The van der Waals surface area contributed by atoms with Crippen LogP contribution in [0.2, 0.25) is 0 Å². The van der Waals surface area contributed by atoms with Crippen LogP contribution in [-0.2, 0) is 0 Å². The normalized spacial score (nSPS) is 12.6. The van der Waals surface area contributed by atoms with E-state index in [2.05, 4.69) is 17.2 Å². The van der Waals surface area contributed by atoms with E-state index in [9.17, 15) is 4.79 Å². The Morgan fingerprint density at radius 1 is 1.67 bits per heavy atom. The number of hydrogen-bond donors (Lipinski definition) is 2. The number of nitrogens with one attached hydrogen (secondary N) is 1. The smallest absolute Gasteiger partial charge is 0.263 e. The molecule has 0 saturated carbocycles. The molecule has 1 amide bonds. The van der Waals surface area contributed by atoms with Gasteiger partial charge in [-0.2, -0.15) is 11.8 Å². The minimum atomic E-state index is -0.114. The maximum atomic E-state index is 12.0. The highest BCUT2D eigenvalue weighted by Crippen LogP contribution is 2.31. The largest absolute Gasteiger partial charge is 0.396 e. The highest BCUT2D eigenvalue weighted by atomic mass is 32.2. The van der Waals surface area contributed by atoms with E-state index >= 15 is 0 Å². The molecule has 2 rings (SSSR count). The van der Waals surface area contributed by atoms with Crippen LogP contribution < -0.4 is 11.1 Å². The zero-order valence-electron chi connectivity index (χ0n) is 10.3. The first-order chi connectivity index (χ1) is 8.63. The molecule has 18 heavy (non-hydrogen) atoms.